The van der Waals surface area contributed by atoms with Crippen LogP contribution in [0.3, 0.4) is 0 Å². The molecular formula is C18H22FN7O3. The minimum absolute atomic E-state index is 0.204. The second kappa shape index (κ2) is 8.11. The highest BCUT2D eigenvalue weighted by atomic mass is 19.1. The molecule has 2 fully saturated rings. The zero-order valence-electron chi connectivity index (χ0n) is 15.9. The molecule has 154 valence electrons. The third-order valence-electron chi connectivity index (χ3n) is 5.32. The molecule has 3 heterocycles. The van der Waals surface area contributed by atoms with E-state index in [1.54, 1.807) is 4.90 Å². The molecule has 2 aliphatic heterocycles. The molecule has 0 N–H and O–H groups in total. The number of piperazine rings is 1. The smallest absolute Gasteiger partial charge is 0.341 e. The molecule has 2 aromatic rings. The van der Waals surface area contributed by atoms with Gasteiger partial charge in [0.25, 0.3) is 0 Å². The van der Waals surface area contributed by atoms with Gasteiger partial charge in [-0.3, -0.25) is 9.69 Å². The summed E-state index contributed by atoms with van der Waals surface area (Å²) in [6, 6.07) is 4.81. The lowest BCUT2D eigenvalue weighted by Crippen LogP contribution is -2.52. The van der Waals surface area contributed by atoms with Crippen LogP contribution in [-0.2, 0) is 4.79 Å². The average molecular weight is 403 g/mol. The predicted molar refractivity (Wildman–Crippen MR) is 100 cm³/mol. The van der Waals surface area contributed by atoms with Gasteiger partial charge in [0.05, 0.1) is 5.69 Å². The Balaban J connectivity index is 1.35. The molecule has 0 unspecified atom stereocenters. The van der Waals surface area contributed by atoms with E-state index in [1.807, 2.05) is 4.90 Å². The van der Waals surface area contributed by atoms with Gasteiger partial charge in [0.1, 0.15) is 5.82 Å². The minimum atomic E-state index is -0.740. The highest BCUT2D eigenvalue weighted by Gasteiger charge is 2.26. The zero-order chi connectivity index (χ0) is 20.4. The van der Waals surface area contributed by atoms with Crippen molar-refractivity contribution in [3.8, 4) is 5.69 Å². The molecule has 29 heavy (non-hydrogen) atoms. The number of hydrogen-bond donors (Lipinski definition) is 0. The van der Waals surface area contributed by atoms with Crippen LogP contribution >= 0.6 is 0 Å². The molecule has 1 aromatic carbocycles. The van der Waals surface area contributed by atoms with Crippen molar-refractivity contribution in [2.75, 3.05) is 45.8 Å². The summed E-state index contributed by atoms with van der Waals surface area (Å²) in [7, 11) is 0. The number of amides is 2. The summed E-state index contributed by atoms with van der Waals surface area (Å²) < 4.78 is 15.0. The van der Waals surface area contributed by atoms with Crippen molar-refractivity contribution in [2.45, 2.75) is 12.8 Å². The lowest BCUT2D eigenvalue weighted by Gasteiger charge is -2.34. The molecule has 2 aliphatic rings. The molecule has 11 heteroatoms. The Bertz CT molecular complexity index is 964. The number of carbonyl (C=O) groups excluding carboxylic acids is 2. The molecule has 1 aromatic heterocycles. The second-order valence-electron chi connectivity index (χ2n) is 7.16. The van der Waals surface area contributed by atoms with Crippen LogP contribution in [0, 0.1) is 5.82 Å². The van der Waals surface area contributed by atoms with Crippen molar-refractivity contribution in [1.29, 1.82) is 0 Å². The Kier molecular flexibility index (Phi) is 5.38. The number of aromatic nitrogens is 4. The zero-order valence-corrected chi connectivity index (χ0v) is 15.9. The maximum Gasteiger partial charge on any atom is 0.377 e. The number of nitrogens with zero attached hydrogens (tertiary/aromatic N) is 7. The molecule has 2 amide bonds. The topological polar surface area (TPSA) is 96.6 Å². The van der Waals surface area contributed by atoms with Crippen molar-refractivity contribution in [2.24, 2.45) is 0 Å². The van der Waals surface area contributed by atoms with Gasteiger partial charge in [0.2, 0.25) is 5.91 Å². The fourth-order valence-corrected chi connectivity index (χ4v) is 3.64. The van der Waals surface area contributed by atoms with E-state index in [0.717, 1.165) is 30.3 Å². The van der Waals surface area contributed by atoms with Crippen LogP contribution < -0.4 is 5.69 Å². The van der Waals surface area contributed by atoms with Gasteiger partial charge in [0, 0.05) is 52.2 Å². The Morgan fingerprint density at radius 1 is 1.03 bits per heavy atom. The highest BCUT2D eigenvalue weighted by molar-refractivity contribution is 5.78. The van der Waals surface area contributed by atoms with Gasteiger partial charge in [-0.1, -0.05) is 6.07 Å². The van der Waals surface area contributed by atoms with Gasteiger partial charge in [-0.25, -0.2) is 14.0 Å². The third-order valence-corrected chi connectivity index (χ3v) is 5.32. The van der Waals surface area contributed by atoms with Crippen LogP contribution in [0.1, 0.15) is 12.8 Å². The summed E-state index contributed by atoms with van der Waals surface area (Å²) in [4.78, 5) is 42.5. The largest absolute Gasteiger partial charge is 0.377 e. The fraction of sp³-hybridized carbons (Fsp3) is 0.500. The molecule has 0 atom stereocenters. The monoisotopic (exact) mass is 403 g/mol. The van der Waals surface area contributed by atoms with Crippen LogP contribution in [0.25, 0.3) is 5.69 Å². The molecular weight excluding hydrogens is 381 g/mol. The van der Waals surface area contributed by atoms with Gasteiger partial charge in [0.15, 0.2) is 0 Å². The average Bonchev–Trinajstić information content (AvgIpc) is 3.31. The van der Waals surface area contributed by atoms with Gasteiger partial charge in [-0.2, -0.15) is 4.68 Å². The van der Waals surface area contributed by atoms with Crippen molar-refractivity contribution in [3.63, 3.8) is 0 Å². The van der Waals surface area contributed by atoms with E-state index in [0.29, 0.717) is 43.8 Å². The van der Waals surface area contributed by atoms with Gasteiger partial charge < -0.3 is 9.80 Å². The molecule has 0 spiro atoms. The summed E-state index contributed by atoms with van der Waals surface area (Å²) in [5, 5.41) is 7.35. The quantitative estimate of drug-likeness (QED) is 0.655. The van der Waals surface area contributed by atoms with Crippen LogP contribution in [0.15, 0.2) is 29.1 Å². The lowest BCUT2D eigenvalue weighted by atomic mass is 10.3. The number of rotatable bonds is 4. The number of halogens is 1. The SMILES string of the molecule is O=C1CCCN1CCN1CCN(C(=O)n2nnn(-c3cccc(F)c3)c2=O)CC1. The maximum absolute atomic E-state index is 13.4. The molecule has 4 rings (SSSR count). The Morgan fingerprint density at radius 2 is 1.83 bits per heavy atom. The van der Waals surface area contributed by atoms with Crippen molar-refractivity contribution >= 4 is 11.9 Å². The summed E-state index contributed by atoms with van der Waals surface area (Å²) >= 11 is 0. The van der Waals surface area contributed by atoms with Gasteiger partial charge >= 0.3 is 11.7 Å². The van der Waals surface area contributed by atoms with Gasteiger partial charge in [-0.05, 0) is 35.0 Å². The van der Waals surface area contributed by atoms with Crippen LogP contribution in [0.2, 0.25) is 0 Å². The first-order valence-corrected chi connectivity index (χ1v) is 9.63. The summed E-state index contributed by atoms with van der Waals surface area (Å²) in [5.41, 5.74) is -0.536. The molecule has 10 nitrogen and oxygen atoms in total. The van der Waals surface area contributed by atoms with E-state index >= 15 is 0 Å². The Hall–Kier alpha value is -3.08. The molecule has 0 saturated carbocycles. The first kappa shape index (κ1) is 19.2. The number of hydrogen-bond acceptors (Lipinski definition) is 6. The molecule has 2 saturated heterocycles. The van der Waals surface area contributed by atoms with Crippen LogP contribution in [0.4, 0.5) is 9.18 Å². The second-order valence-corrected chi connectivity index (χ2v) is 7.16. The van der Waals surface area contributed by atoms with E-state index in [4.69, 9.17) is 0 Å². The van der Waals surface area contributed by atoms with Gasteiger partial charge in [-0.15, -0.1) is 4.68 Å². The first-order valence-electron chi connectivity index (χ1n) is 9.63. The van der Waals surface area contributed by atoms with E-state index in [9.17, 15) is 18.8 Å². The molecule has 0 aliphatic carbocycles. The Morgan fingerprint density at radius 3 is 2.52 bits per heavy atom. The van der Waals surface area contributed by atoms with E-state index in [1.165, 1.54) is 18.2 Å². The number of benzene rings is 1. The third kappa shape index (κ3) is 4.04. The van der Waals surface area contributed by atoms with Crippen molar-refractivity contribution < 1.29 is 14.0 Å². The van der Waals surface area contributed by atoms with Crippen molar-refractivity contribution in [1.82, 2.24) is 34.5 Å². The van der Waals surface area contributed by atoms with Crippen molar-refractivity contribution in [3.05, 3.63) is 40.6 Å². The number of tetrazole rings is 1. The first-order chi connectivity index (χ1) is 14.0. The summed E-state index contributed by atoms with van der Waals surface area (Å²) in [6.07, 6.45) is 1.56. The van der Waals surface area contributed by atoms with Crippen LogP contribution in [-0.4, -0.2) is 92.2 Å². The lowest BCUT2D eigenvalue weighted by molar-refractivity contribution is -0.127. The van der Waals surface area contributed by atoms with E-state index in [2.05, 4.69) is 15.3 Å². The minimum Gasteiger partial charge on any atom is -0.341 e. The molecule has 0 radical (unpaired) electrons. The predicted octanol–water partition coefficient (Wildman–Crippen LogP) is -0.224. The number of carbonyl (C=O) groups is 2. The summed E-state index contributed by atoms with van der Waals surface area (Å²) in [5.74, 6) is -0.304. The van der Waals surface area contributed by atoms with E-state index in [-0.39, 0.29) is 11.6 Å². The highest BCUT2D eigenvalue weighted by Crippen LogP contribution is 2.10. The maximum atomic E-state index is 13.4. The molecule has 0 bridgehead atoms. The fourth-order valence-electron chi connectivity index (χ4n) is 3.64. The number of likely N-dealkylation sites (tertiary alicyclic amines) is 1. The Labute approximate surface area is 166 Å². The van der Waals surface area contributed by atoms with E-state index < -0.39 is 17.5 Å². The van der Waals surface area contributed by atoms with Crippen LogP contribution in [0.5, 0.6) is 0 Å². The normalized spacial score (nSPS) is 17.9. The summed E-state index contributed by atoms with van der Waals surface area (Å²) in [6.45, 7) is 4.50. The standard InChI is InChI=1S/C18H22FN7O3/c19-14-3-1-4-15(13-14)25-18(29)26(21-20-25)17(28)24-11-8-22(9-12-24)7-10-23-6-2-5-16(23)27/h1,3-4,13H,2,5-12H2.